The number of benzene rings is 2. The summed E-state index contributed by atoms with van der Waals surface area (Å²) in [5.41, 5.74) is 7.12. The van der Waals surface area contributed by atoms with Gasteiger partial charge in [-0.05, 0) is 61.1 Å². The van der Waals surface area contributed by atoms with Gasteiger partial charge in [0.05, 0.1) is 16.8 Å². The van der Waals surface area contributed by atoms with Crippen molar-refractivity contribution in [3.05, 3.63) is 93.8 Å². The number of hydrogen-bond donors (Lipinski definition) is 1. The summed E-state index contributed by atoms with van der Waals surface area (Å²) in [5.74, 6) is 1.13. The van der Waals surface area contributed by atoms with E-state index in [1.807, 2.05) is 72.9 Å². The highest BCUT2D eigenvalue weighted by Gasteiger charge is 2.21. The second-order valence-electron chi connectivity index (χ2n) is 8.97. The van der Waals surface area contributed by atoms with Gasteiger partial charge >= 0.3 is 0 Å². The molecular weight excluding hydrogens is 456 g/mol. The molecule has 3 heterocycles. The van der Waals surface area contributed by atoms with Crippen molar-refractivity contribution in [1.29, 1.82) is 0 Å². The quantitative estimate of drug-likeness (QED) is 0.239. The van der Waals surface area contributed by atoms with Gasteiger partial charge in [0.25, 0.3) is 5.91 Å². The number of hydrazone groups is 1. The maximum absolute atomic E-state index is 12.8. The van der Waals surface area contributed by atoms with Gasteiger partial charge in [0.2, 0.25) is 0 Å². The Morgan fingerprint density at radius 2 is 2.00 bits per heavy atom. The molecule has 5 aromatic rings. The number of carbonyl (C=O) groups is 1. The second kappa shape index (κ2) is 9.00. The van der Waals surface area contributed by atoms with Crippen LogP contribution in [0, 0.1) is 5.92 Å². The first-order valence-corrected chi connectivity index (χ1v) is 12.5. The normalized spacial score (nSPS) is 15.5. The third-order valence-corrected chi connectivity index (χ3v) is 7.58. The molecule has 1 atom stereocenters. The largest absolute Gasteiger partial charge is 0.454 e. The third-order valence-electron chi connectivity index (χ3n) is 6.34. The van der Waals surface area contributed by atoms with Gasteiger partial charge in [-0.2, -0.15) is 10.2 Å². The predicted molar refractivity (Wildman–Crippen MR) is 139 cm³/mol. The fraction of sp³-hybridized carbons (Fsp3) is 0.179. The highest BCUT2D eigenvalue weighted by molar-refractivity contribution is 7.14. The number of thiophene rings is 1. The summed E-state index contributed by atoms with van der Waals surface area (Å²) in [6.07, 6.45) is 6.79. The van der Waals surface area contributed by atoms with Gasteiger partial charge in [-0.15, -0.1) is 11.3 Å². The first-order valence-electron chi connectivity index (χ1n) is 11.7. The van der Waals surface area contributed by atoms with Crippen LogP contribution in [0.15, 0.2) is 82.4 Å². The molecule has 3 aromatic heterocycles. The second-order valence-corrected chi connectivity index (χ2v) is 10.1. The smallest absolute Gasteiger partial charge is 0.281 e. The molecule has 0 bridgehead atoms. The lowest BCUT2D eigenvalue weighted by atomic mass is 9.90. The molecule has 2 aromatic carbocycles. The van der Waals surface area contributed by atoms with E-state index in [-0.39, 0.29) is 5.91 Å². The van der Waals surface area contributed by atoms with Crippen LogP contribution in [0.4, 0.5) is 0 Å². The van der Waals surface area contributed by atoms with Crippen molar-refractivity contribution in [2.75, 3.05) is 0 Å². The van der Waals surface area contributed by atoms with Gasteiger partial charge in [0.15, 0.2) is 5.76 Å². The Hall–Kier alpha value is -3.97. The van der Waals surface area contributed by atoms with Crippen LogP contribution in [0.5, 0.6) is 0 Å². The molecule has 1 amide bonds. The standard InChI is InChI=1S/C28H24N4O2S/c1-18-11-12-25-20(13-18)15-26(35-25)28(33)30-29-16-21-17-32(22-8-3-2-4-9-22)31-27(21)24-14-19-7-5-6-10-23(19)34-24/h2-10,14-18H,11-13H2,1H3,(H,30,33)/b29-16+. The Bertz CT molecular complexity index is 1510. The van der Waals surface area contributed by atoms with Crippen molar-refractivity contribution >= 4 is 34.4 Å². The number of fused-ring (bicyclic) bond motifs is 2. The number of aromatic nitrogens is 2. The molecule has 35 heavy (non-hydrogen) atoms. The first-order chi connectivity index (χ1) is 17.1. The summed E-state index contributed by atoms with van der Waals surface area (Å²) in [4.78, 5) is 14.8. The minimum absolute atomic E-state index is 0.186. The Balaban J connectivity index is 1.29. The molecule has 0 aliphatic heterocycles. The molecule has 1 N–H and O–H groups in total. The fourth-order valence-corrected chi connectivity index (χ4v) is 5.62. The van der Waals surface area contributed by atoms with E-state index in [4.69, 9.17) is 9.52 Å². The van der Waals surface area contributed by atoms with Crippen LogP contribution in [0.25, 0.3) is 28.1 Å². The number of carbonyl (C=O) groups excluding carboxylic acids is 1. The van der Waals surface area contributed by atoms with Gasteiger partial charge in [0, 0.05) is 22.0 Å². The van der Waals surface area contributed by atoms with Crippen molar-refractivity contribution < 1.29 is 9.21 Å². The van der Waals surface area contributed by atoms with Gasteiger partial charge in [-0.3, -0.25) is 4.79 Å². The van der Waals surface area contributed by atoms with Gasteiger partial charge in [-0.25, -0.2) is 10.1 Å². The molecule has 7 heteroatoms. The summed E-state index contributed by atoms with van der Waals surface area (Å²) >= 11 is 1.58. The highest BCUT2D eigenvalue weighted by Crippen LogP contribution is 2.32. The van der Waals surface area contributed by atoms with E-state index in [1.54, 1.807) is 22.2 Å². The molecular formula is C28H24N4O2S. The summed E-state index contributed by atoms with van der Waals surface area (Å²) in [7, 11) is 0. The fourth-order valence-electron chi connectivity index (χ4n) is 4.52. The number of hydrogen-bond acceptors (Lipinski definition) is 5. The number of rotatable bonds is 5. The van der Waals surface area contributed by atoms with E-state index in [9.17, 15) is 4.79 Å². The van der Waals surface area contributed by atoms with Crippen LogP contribution in [-0.2, 0) is 12.8 Å². The average molecular weight is 481 g/mol. The molecule has 6 nitrogen and oxygen atoms in total. The molecule has 1 aliphatic carbocycles. The van der Waals surface area contributed by atoms with Gasteiger partial charge in [-0.1, -0.05) is 43.3 Å². The van der Waals surface area contributed by atoms with Crippen LogP contribution in [-0.4, -0.2) is 21.9 Å². The molecule has 1 aliphatic rings. The van der Waals surface area contributed by atoms with E-state index in [0.717, 1.165) is 35.1 Å². The molecule has 0 spiro atoms. The number of furan rings is 1. The monoisotopic (exact) mass is 480 g/mol. The lowest BCUT2D eigenvalue weighted by Crippen LogP contribution is -2.16. The number of para-hydroxylation sites is 2. The Kier molecular flexibility index (Phi) is 5.54. The Labute approximate surface area is 206 Å². The van der Waals surface area contributed by atoms with Crippen LogP contribution < -0.4 is 5.43 Å². The summed E-state index contributed by atoms with van der Waals surface area (Å²) in [5, 5.41) is 10.1. The van der Waals surface area contributed by atoms with E-state index >= 15 is 0 Å². The SMILES string of the molecule is CC1CCc2sc(C(=O)N/N=C/c3cn(-c4ccccc4)nc3-c3cc4ccccc4o3)cc2C1. The average Bonchev–Trinajstić information content (AvgIpc) is 3.60. The lowest BCUT2D eigenvalue weighted by molar-refractivity contribution is 0.0959. The van der Waals surface area contributed by atoms with E-state index in [1.165, 1.54) is 16.9 Å². The van der Waals surface area contributed by atoms with Crippen molar-refractivity contribution in [2.24, 2.45) is 11.0 Å². The number of nitrogens with one attached hydrogen (secondary N) is 1. The molecule has 0 fully saturated rings. The van der Waals surface area contributed by atoms with Crippen LogP contribution in [0.3, 0.4) is 0 Å². The Morgan fingerprint density at radius 3 is 2.86 bits per heavy atom. The van der Waals surface area contributed by atoms with Crippen molar-refractivity contribution in [2.45, 2.75) is 26.2 Å². The Morgan fingerprint density at radius 1 is 1.17 bits per heavy atom. The first kappa shape index (κ1) is 21.6. The maximum atomic E-state index is 12.8. The summed E-state index contributed by atoms with van der Waals surface area (Å²) < 4.78 is 7.86. The molecule has 174 valence electrons. The van der Waals surface area contributed by atoms with Crippen LogP contribution in [0.2, 0.25) is 0 Å². The number of amides is 1. The van der Waals surface area contributed by atoms with Crippen molar-refractivity contribution in [3.63, 3.8) is 0 Å². The van der Waals surface area contributed by atoms with E-state index < -0.39 is 0 Å². The predicted octanol–water partition coefficient (Wildman–Crippen LogP) is 6.24. The molecule has 0 saturated heterocycles. The molecule has 6 rings (SSSR count). The minimum Gasteiger partial charge on any atom is -0.454 e. The molecule has 1 unspecified atom stereocenters. The summed E-state index contributed by atoms with van der Waals surface area (Å²) in [6.45, 7) is 2.26. The van der Waals surface area contributed by atoms with E-state index in [2.05, 4.69) is 17.5 Å². The maximum Gasteiger partial charge on any atom is 0.281 e. The highest BCUT2D eigenvalue weighted by atomic mass is 32.1. The number of nitrogens with zero attached hydrogens (tertiary/aromatic N) is 3. The van der Waals surface area contributed by atoms with E-state index in [0.29, 0.717) is 22.2 Å². The van der Waals surface area contributed by atoms with Crippen LogP contribution in [0.1, 0.15) is 39.0 Å². The van der Waals surface area contributed by atoms with Crippen molar-refractivity contribution in [3.8, 4) is 17.1 Å². The van der Waals surface area contributed by atoms with Gasteiger partial charge < -0.3 is 4.42 Å². The van der Waals surface area contributed by atoms with Gasteiger partial charge in [0.1, 0.15) is 11.3 Å². The zero-order chi connectivity index (χ0) is 23.8. The third kappa shape index (κ3) is 4.31. The zero-order valence-electron chi connectivity index (χ0n) is 19.3. The number of aryl methyl sites for hydroxylation is 1. The molecule has 0 radical (unpaired) electrons. The van der Waals surface area contributed by atoms with Crippen LogP contribution >= 0.6 is 11.3 Å². The topological polar surface area (TPSA) is 72.4 Å². The molecule has 0 saturated carbocycles. The minimum atomic E-state index is -0.186. The summed E-state index contributed by atoms with van der Waals surface area (Å²) in [6, 6.07) is 21.7. The van der Waals surface area contributed by atoms with Crippen molar-refractivity contribution in [1.82, 2.24) is 15.2 Å². The zero-order valence-corrected chi connectivity index (χ0v) is 20.1. The lowest BCUT2D eigenvalue weighted by Gasteiger charge is -2.16.